The van der Waals surface area contributed by atoms with Crippen molar-refractivity contribution in [2.75, 3.05) is 0 Å². The van der Waals surface area contributed by atoms with Gasteiger partial charge in [0.05, 0.1) is 11.0 Å². The van der Waals surface area contributed by atoms with Crippen LogP contribution in [0.15, 0.2) is 231 Å². The quantitative estimate of drug-likeness (QED) is 0.161. The van der Waals surface area contributed by atoms with Crippen molar-refractivity contribution in [2.24, 2.45) is 0 Å². The van der Waals surface area contributed by atoms with E-state index in [1.807, 2.05) is 6.07 Å². The van der Waals surface area contributed by atoms with Gasteiger partial charge in [-0.05, 0) is 103 Å². The maximum atomic E-state index is 5.28. The van der Waals surface area contributed by atoms with Crippen LogP contribution in [0, 0.1) is 0 Å². The highest BCUT2D eigenvalue weighted by Crippen LogP contribution is 2.39. The van der Waals surface area contributed by atoms with Crippen molar-refractivity contribution in [2.45, 2.75) is 0 Å². The molecule has 0 amide bonds. The first-order chi connectivity index (χ1) is 31.2. The van der Waals surface area contributed by atoms with Crippen molar-refractivity contribution < 1.29 is 0 Å². The van der Waals surface area contributed by atoms with Crippen LogP contribution in [0.3, 0.4) is 0 Å². The van der Waals surface area contributed by atoms with Crippen LogP contribution < -0.4 is 0 Å². The van der Waals surface area contributed by atoms with Crippen LogP contribution in [-0.2, 0) is 0 Å². The zero-order valence-corrected chi connectivity index (χ0v) is 34.2. The Labute approximate surface area is 365 Å². The minimum absolute atomic E-state index is 0.625. The van der Waals surface area contributed by atoms with E-state index in [-0.39, 0.29) is 0 Å². The van der Waals surface area contributed by atoms with Crippen molar-refractivity contribution >= 4 is 43.4 Å². The van der Waals surface area contributed by atoms with Gasteiger partial charge in [0.1, 0.15) is 0 Å². The standard InChI is InChI=1S/C59H38N4/c1-4-16-39(17-5-1)47-22-10-13-26-52(47)58-60-57(61-59(62-58)53-34-33-48(40-18-6-2-7-19-40)49-23-11-12-24-50(49)53)45-31-30-41-36-42(28-29-43(41)37-45)44-32-35-56-54(38-44)51-25-14-15-27-55(51)63(56)46-20-8-3-9-21-46/h1-38H. The monoisotopic (exact) mass is 802 g/mol. The third-order valence-electron chi connectivity index (χ3n) is 12.3. The fourth-order valence-electron chi connectivity index (χ4n) is 9.23. The molecule has 0 aliphatic heterocycles. The molecule has 2 heterocycles. The molecular formula is C59H38N4. The molecular weight excluding hydrogens is 765 g/mol. The number of rotatable bonds is 7. The molecule has 63 heavy (non-hydrogen) atoms. The van der Waals surface area contributed by atoms with Crippen LogP contribution in [0.2, 0.25) is 0 Å². The Morgan fingerprint density at radius 1 is 0.254 bits per heavy atom. The van der Waals surface area contributed by atoms with Gasteiger partial charge in [-0.2, -0.15) is 0 Å². The van der Waals surface area contributed by atoms with Crippen molar-refractivity contribution in [3.8, 4) is 73.2 Å². The van der Waals surface area contributed by atoms with Gasteiger partial charge in [-0.25, -0.2) is 15.0 Å². The van der Waals surface area contributed by atoms with Crippen LogP contribution in [0.4, 0.5) is 0 Å². The second-order valence-electron chi connectivity index (χ2n) is 16.0. The van der Waals surface area contributed by atoms with Crippen molar-refractivity contribution in [3.05, 3.63) is 231 Å². The van der Waals surface area contributed by atoms with E-state index in [9.17, 15) is 0 Å². The van der Waals surface area contributed by atoms with Gasteiger partial charge >= 0.3 is 0 Å². The summed E-state index contributed by atoms with van der Waals surface area (Å²) in [5, 5.41) is 6.98. The first-order valence-corrected chi connectivity index (χ1v) is 21.4. The summed E-state index contributed by atoms with van der Waals surface area (Å²) >= 11 is 0. The van der Waals surface area contributed by atoms with Gasteiger partial charge in [-0.3, -0.25) is 0 Å². The Hall–Kier alpha value is -8.47. The number of nitrogens with zero attached hydrogens (tertiary/aromatic N) is 4. The molecule has 4 nitrogen and oxygen atoms in total. The maximum absolute atomic E-state index is 5.28. The zero-order chi connectivity index (χ0) is 41.7. The maximum Gasteiger partial charge on any atom is 0.164 e. The van der Waals surface area contributed by atoms with Crippen molar-refractivity contribution in [3.63, 3.8) is 0 Å². The van der Waals surface area contributed by atoms with E-state index in [2.05, 4.69) is 229 Å². The summed E-state index contributed by atoms with van der Waals surface area (Å²) in [7, 11) is 0. The summed E-state index contributed by atoms with van der Waals surface area (Å²) in [6.07, 6.45) is 0. The number of aromatic nitrogens is 4. The fourth-order valence-corrected chi connectivity index (χ4v) is 9.23. The number of fused-ring (bicyclic) bond motifs is 5. The number of hydrogen-bond acceptors (Lipinski definition) is 3. The summed E-state index contributed by atoms with van der Waals surface area (Å²) in [5.74, 6) is 1.89. The highest BCUT2D eigenvalue weighted by Gasteiger charge is 2.19. The Morgan fingerprint density at radius 3 is 1.46 bits per heavy atom. The third kappa shape index (κ3) is 6.44. The molecule has 2 aromatic heterocycles. The van der Waals surface area contributed by atoms with Crippen molar-refractivity contribution in [1.29, 1.82) is 0 Å². The molecule has 0 atom stereocenters. The van der Waals surface area contributed by atoms with Gasteiger partial charge in [-0.1, -0.05) is 182 Å². The van der Waals surface area contributed by atoms with E-state index in [0.29, 0.717) is 17.5 Å². The van der Waals surface area contributed by atoms with E-state index in [1.54, 1.807) is 0 Å². The van der Waals surface area contributed by atoms with E-state index in [1.165, 1.54) is 44.1 Å². The molecule has 0 saturated heterocycles. The summed E-state index contributed by atoms with van der Waals surface area (Å²) in [6, 6.07) is 81.7. The summed E-state index contributed by atoms with van der Waals surface area (Å²) < 4.78 is 2.36. The molecule has 0 aliphatic rings. The molecule has 4 heteroatoms. The first kappa shape index (κ1) is 36.4. The average molecular weight is 803 g/mol. The Kier molecular flexibility index (Phi) is 8.79. The normalized spacial score (nSPS) is 11.5. The van der Waals surface area contributed by atoms with Crippen LogP contribution in [0.1, 0.15) is 0 Å². The van der Waals surface area contributed by atoms with E-state index in [4.69, 9.17) is 15.0 Å². The Bertz CT molecular complexity index is 3670. The molecule has 12 rings (SSSR count). The van der Waals surface area contributed by atoms with E-state index >= 15 is 0 Å². The van der Waals surface area contributed by atoms with Crippen LogP contribution in [-0.4, -0.2) is 19.5 Å². The van der Waals surface area contributed by atoms with Crippen LogP contribution in [0.5, 0.6) is 0 Å². The largest absolute Gasteiger partial charge is 0.309 e. The molecule has 0 saturated carbocycles. The lowest BCUT2D eigenvalue weighted by Gasteiger charge is -2.14. The second-order valence-corrected chi connectivity index (χ2v) is 16.0. The van der Waals surface area contributed by atoms with Gasteiger partial charge in [0.2, 0.25) is 0 Å². The SMILES string of the molecule is c1ccc(-c2ccccc2-c2nc(-c3ccc4cc(-c5ccc6c(c5)c5ccccc5n6-c5ccccc5)ccc4c3)nc(-c3ccc(-c4ccccc4)c4ccccc34)n2)cc1. The molecule has 0 spiro atoms. The highest BCUT2D eigenvalue weighted by atomic mass is 15.0. The summed E-state index contributed by atoms with van der Waals surface area (Å²) in [6.45, 7) is 0. The molecule has 0 fully saturated rings. The first-order valence-electron chi connectivity index (χ1n) is 21.4. The van der Waals surface area contributed by atoms with E-state index < -0.39 is 0 Å². The molecule has 12 aromatic rings. The lowest BCUT2D eigenvalue weighted by Crippen LogP contribution is -2.01. The lowest BCUT2D eigenvalue weighted by atomic mass is 9.94. The number of benzene rings is 10. The Balaban J connectivity index is 0.986. The van der Waals surface area contributed by atoms with Gasteiger partial charge < -0.3 is 4.57 Å². The van der Waals surface area contributed by atoms with Gasteiger partial charge in [0.15, 0.2) is 17.5 Å². The molecule has 10 aromatic carbocycles. The Morgan fingerprint density at radius 2 is 0.730 bits per heavy atom. The fraction of sp³-hybridized carbons (Fsp3) is 0. The van der Waals surface area contributed by atoms with E-state index in [0.717, 1.165) is 55.0 Å². The molecule has 0 bridgehead atoms. The van der Waals surface area contributed by atoms with Crippen LogP contribution in [0.25, 0.3) is 117 Å². The minimum Gasteiger partial charge on any atom is -0.309 e. The molecule has 294 valence electrons. The third-order valence-corrected chi connectivity index (χ3v) is 12.3. The van der Waals surface area contributed by atoms with Crippen molar-refractivity contribution in [1.82, 2.24) is 19.5 Å². The predicted octanol–water partition coefficient (Wildman–Crippen LogP) is 15.3. The topological polar surface area (TPSA) is 43.6 Å². The van der Waals surface area contributed by atoms with Gasteiger partial charge in [0, 0.05) is 33.2 Å². The molecule has 0 radical (unpaired) electrons. The van der Waals surface area contributed by atoms with Gasteiger partial charge in [0.25, 0.3) is 0 Å². The second kappa shape index (κ2) is 15.2. The lowest BCUT2D eigenvalue weighted by molar-refractivity contribution is 1.08. The molecule has 0 unspecified atom stereocenters. The molecule has 0 N–H and O–H groups in total. The number of hydrogen-bond donors (Lipinski definition) is 0. The number of para-hydroxylation sites is 2. The smallest absolute Gasteiger partial charge is 0.164 e. The minimum atomic E-state index is 0.625. The predicted molar refractivity (Wildman–Crippen MR) is 262 cm³/mol. The van der Waals surface area contributed by atoms with Gasteiger partial charge in [-0.15, -0.1) is 0 Å². The average Bonchev–Trinajstić information content (AvgIpc) is 3.70. The zero-order valence-electron chi connectivity index (χ0n) is 34.2. The summed E-state index contributed by atoms with van der Waals surface area (Å²) in [4.78, 5) is 15.8. The molecule has 0 aliphatic carbocycles. The van der Waals surface area contributed by atoms with Crippen LogP contribution >= 0.6 is 0 Å². The summed E-state index contributed by atoms with van der Waals surface area (Å²) in [5.41, 5.74) is 13.3. The highest BCUT2D eigenvalue weighted by molar-refractivity contribution is 6.11.